The van der Waals surface area contributed by atoms with Crippen LogP contribution in [-0.4, -0.2) is 12.6 Å². The number of hydrogen-bond acceptors (Lipinski definition) is 1. The van der Waals surface area contributed by atoms with Crippen molar-refractivity contribution >= 4 is 15.9 Å². The summed E-state index contributed by atoms with van der Waals surface area (Å²) in [6, 6.07) is 0.389. The van der Waals surface area contributed by atoms with Gasteiger partial charge in [0.05, 0.1) is 0 Å². The van der Waals surface area contributed by atoms with Crippen LogP contribution in [0.3, 0.4) is 0 Å². The fourth-order valence-corrected chi connectivity index (χ4v) is 0.579. The van der Waals surface area contributed by atoms with Crippen molar-refractivity contribution in [3.63, 3.8) is 0 Å². The van der Waals surface area contributed by atoms with E-state index in [1.54, 1.807) is 0 Å². The minimum Gasteiger partial charge on any atom is -0.310 e. The maximum absolute atomic E-state index is 3.73. The zero-order valence-corrected chi connectivity index (χ0v) is 6.96. The molecule has 0 aromatic heterocycles. The zero-order chi connectivity index (χ0) is 6.57. The summed E-state index contributed by atoms with van der Waals surface area (Å²) in [5.41, 5.74) is 0. The van der Waals surface area contributed by atoms with Crippen molar-refractivity contribution in [2.24, 2.45) is 0 Å². The summed E-state index contributed by atoms with van der Waals surface area (Å²) >= 11 is 3.28. The molecule has 0 saturated carbocycles. The molecule has 0 spiro atoms. The standard InChI is InChI=1S/C6H12BrN/c1-4-8-6(3)5(2)7/h6,8H,2,4H2,1,3H3. The average Bonchev–Trinajstić information content (AvgIpc) is 1.67. The quantitative estimate of drug-likeness (QED) is 0.695. The van der Waals surface area contributed by atoms with Crippen LogP contribution in [0.1, 0.15) is 13.8 Å². The highest BCUT2D eigenvalue weighted by molar-refractivity contribution is 9.11. The molecule has 1 nitrogen and oxygen atoms in total. The second-order valence-corrected chi connectivity index (χ2v) is 2.74. The van der Waals surface area contributed by atoms with E-state index in [4.69, 9.17) is 0 Å². The van der Waals surface area contributed by atoms with Crippen LogP contribution in [0.4, 0.5) is 0 Å². The fraction of sp³-hybridized carbons (Fsp3) is 0.667. The molecule has 1 atom stereocenters. The van der Waals surface area contributed by atoms with Gasteiger partial charge in [0.2, 0.25) is 0 Å². The van der Waals surface area contributed by atoms with Gasteiger partial charge in [-0.3, -0.25) is 0 Å². The van der Waals surface area contributed by atoms with E-state index in [0.717, 1.165) is 11.0 Å². The van der Waals surface area contributed by atoms with Crippen LogP contribution in [0.25, 0.3) is 0 Å². The van der Waals surface area contributed by atoms with Gasteiger partial charge in [-0.1, -0.05) is 29.4 Å². The highest BCUT2D eigenvalue weighted by Crippen LogP contribution is 2.05. The lowest BCUT2D eigenvalue weighted by atomic mass is 10.3. The summed E-state index contributed by atoms with van der Waals surface area (Å²) in [7, 11) is 0. The minimum absolute atomic E-state index is 0.389. The Hall–Kier alpha value is 0.180. The van der Waals surface area contributed by atoms with Crippen LogP contribution in [0.15, 0.2) is 11.1 Å². The molecule has 1 unspecified atom stereocenters. The number of hydrogen-bond donors (Lipinski definition) is 1. The van der Waals surface area contributed by atoms with Gasteiger partial charge in [0.1, 0.15) is 0 Å². The van der Waals surface area contributed by atoms with Gasteiger partial charge in [-0.15, -0.1) is 0 Å². The van der Waals surface area contributed by atoms with Crippen LogP contribution in [-0.2, 0) is 0 Å². The highest BCUT2D eigenvalue weighted by atomic mass is 79.9. The molecule has 1 N–H and O–H groups in total. The van der Waals surface area contributed by atoms with Crippen LogP contribution in [0.2, 0.25) is 0 Å². The SMILES string of the molecule is C=C(Br)C(C)NCC. The molecule has 0 amide bonds. The molecule has 0 radical (unpaired) electrons. The van der Waals surface area contributed by atoms with Crippen molar-refractivity contribution in [3.8, 4) is 0 Å². The molecular weight excluding hydrogens is 166 g/mol. The summed E-state index contributed by atoms with van der Waals surface area (Å²) < 4.78 is 1.01. The van der Waals surface area contributed by atoms with Crippen LogP contribution < -0.4 is 5.32 Å². The Balaban J connectivity index is 3.32. The molecule has 2 heteroatoms. The van der Waals surface area contributed by atoms with Crippen LogP contribution >= 0.6 is 15.9 Å². The van der Waals surface area contributed by atoms with E-state index in [-0.39, 0.29) is 0 Å². The largest absolute Gasteiger partial charge is 0.310 e. The summed E-state index contributed by atoms with van der Waals surface area (Å²) in [6.07, 6.45) is 0. The number of nitrogens with one attached hydrogen (secondary N) is 1. The summed E-state index contributed by atoms with van der Waals surface area (Å²) in [6.45, 7) is 8.87. The molecule has 48 valence electrons. The van der Waals surface area contributed by atoms with Gasteiger partial charge in [0, 0.05) is 10.5 Å². The Morgan fingerprint density at radius 3 is 2.50 bits per heavy atom. The van der Waals surface area contributed by atoms with Gasteiger partial charge in [0.25, 0.3) is 0 Å². The van der Waals surface area contributed by atoms with Gasteiger partial charge in [0.15, 0.2) is 0 Å². The Kier molecular flexibility index (Phi) is 4.19. The molecule has 0 aliphatic carbocycles. The van der Waals surface area contributed by atoms with Gasteiger partial charge in [-0.05, 0) is 13.5 Å². The van der Waals surface area contributed by atoms with Crippen molar-refractivity contribution < 1.29 is 0 Å². The number of rotatable bonds is 3. The first-order chi connectivity index (χ1) is 3.68. The van der Waals surface area contributed by atoms with Gasteiger partial charge >= 0.3 is 0 Å². The van der Waals surface area contributed by atoms with Crippen LogP contribution in [0, 0.1) is 0 Å². The van der Waals surface area contributed by atoms with E-state index in [2.05, 4.69) is 41.7 Å². The van der Waals surface area contributed by atoms with E-state index in [1.807, 2.05) is 0 Å². The monoisotopic (exact) mass is 177 g/mol. The normalized spacial score (nSPS) is 13.4. The molecule has 0 saturated heterocycles. The molecule has 0 aromatic rings. The van der Waals surface area contributed by atoms with E-state index in [0.29, 0.717) is 6.04 Å². The van der Waals surface area contributed by atoms with Crippen LogP contribution in [0.5, 0.6) is 0 Å². The predicted octanol–water partition coefficient (Wildman–Crippen LogP) is 1.89. The topological polar surface area (TPSA) is 12.0 Å². The minimum atomic E-state index is 0.389. The average molecular weight is 178 g/mol. The van der Waals surface area contributed by atoms with Crippen molar-refractivity contribution in [1.82, 2.24) is 5.32 Å². The third kappa shape index (κ3) is 3.22. The molecule has 8 heavy (non-hydrogen) atoms. The molecule has 0 aliphatic heterocycles. The predicted molar refractivity (Wildman–Crippen MR) is 41.2 cm³/mol. The van der Waals surface area contributed by atoms with E-state index in [9.17, 15) is 0 Å². The van der Waals surface area contributed by atoms with Gasteiger partial charge in [-0.25, -0.2) is 0 Å². The summed E-state index contributed by atoms with van der Waals surface area (Å²) in [5.74, 6) is 0. The Morgan fingerprint density at radius 1 is 1.88 bits per heavy atom. The number of halogens is 1. The molecule has 0 aromatic carbocycles. The Labute approximate surface area is 59.3 Å². The smallest absolute Gasteiger partial charge is 0.0351 e. The molecule has 0 fully saturated rings. The maximum Gasteiger partial charge on any atom is 0.0351 e. The zero-order valence-electron chi connectivity index (χ0n) is 5.37. The lowest BCUT2D eigenvalue weighted by Gasteiger charge is -2.08. The highest BCUT2D eigenvalue weighted by Gasteiger charge is 1.97. The van der Waals surface area contributed by atoms with Crippen molar-refractivity contribution in [3.05, 3.63) is 11.1 Å². The first kappa shape index (κ1) is 8.18. The van der Waals surface area contributed by atoms with E-state index < -0.39 is 0 Å². The summed E-state index contributed by atoms with van der Waals surface area (Å²) in [5, 5.41) is 3.20. The van der Waals surface area contributed by atoms with Crippen molar-refractivity contribution in [2.75, 3.05) is 6.54 Å². The Bertz CT molecular complexity index is 80.6. The number of likely N-dealkylation sites (N-methyl/N-ethyl adjacent to an activating group) is 1. The van der Waals surface area contributed by atoms with Gasteiger partial charge in [-0.2, -0.15) is 0 Å². The third-order valence-corrected chi connectivity index (χ3v) is 1.67. The van der Waals surface area contributed by atoms with Gasteiger partial charge < -0.3 is 5.32 Å². The lowest BCUT2D eigenvalue weighted by Crippen LogP contribution is -2.24. The fourth-order valence-electron chi connectivity index (χ4n) is 0.417. The molecular formula is C6H12BrN. The van der Waals surface area contributed by atoms with E-state index in [1.165, 1.54) is 0 Å². The molecule has 0 aliphatic rings. The summed E-state index contributed by atoms with van der Waals surface area (Å²) in [4.78, 5) is 0. The first-order valence-electron chi connectivity index (χ1n) is 2.76. The maximum atomic E-state index is 3.73. The third-order valence-electron chi connectivity index (χ3n) is 0.980. The second-order valence-electron chi connectivity index (χ2n) is 1.73. The van der Waals surface area contributed by atoms with Crippen molar-refractivity contribution in [1.29, 1.82) is 0 Å². The Morgan fingerprint density at radius 2 is 2.38 bits per heavy atom. The molecule has 0 heterocycles. The molecule has 0 bridgehead atoms. The first-order valence-corrected chi connectivity index (χ1v) is 3.55. The lowest BCUT2D eigenvalue weighted by molar-refractivity contribution is 0.657. The second kappa shape index (κ2) is 4.10. The van der Waals surface area contributed by atoms with Crippen molar-refractivity contribution in [2.45, 2.75) is 19.9 Å². The van der Waals surface area contributed by atoms with E-state index >= 15 is 0 Å². The molecule has 0 rings (SSSR count).